The minimum Gasteiger partial charge on any atom is -0.496 e. The van der Waals surface area contributed by atoms with Crippen LogP contribution in [0.4, 0.5) is 0 Å². The molecule has 0 spiro atoms. The normalized spacial score (nSPS) is 11.9. The zero-order valence-corrected chi connectivity index (χ0v) is 11.9. The highest BCUT2D eigenvalue weighted by molar-refractivity contribution is 7.95. The Labute approximate surface area is 113 Å². The van der Waals surface area contributed by atoms with Gasteiger partial charge >= 0.3 is 0 Å². The summed E-state index contributed by atoms with van der Waals surface area (Å²) in [6.45, 7) is 0. The third kappa shape index (κ3) is 2.60. The van der Waals surface area contributed by atoms with Gasteiger partial charge in [-0.3, -0.25) is 0 Å². The first kappa shape index (κ1) is 13.2. The van der Waals surface area contributed by atoms with Crippen molar-refractivity contribution >= 4 is 29.1 Å². The van der Waals surface area contributed by atoms with Crippen LogP contribution in [0.25, 0.3) is 0 Å². The summed E-state index contributed by atoms with van der Waals surface area (Å²) < 4.78 is 10.8. The number of ether oxygens (including phenoxy) is 2. The Kier molecular flexibility index (Phi) is 4.46. The van der Waals surface area contributed by atoms with Gasteiger partial charge in [-0.05, 0) is 17.4 Å². The molecule has 0 aliphatic carbocycles. The number of methoxy groups -OCH3 is 2. The van der Waals surface area contributed by atoms with Gasteiger partial charge in [0.1, 0.15) is 11.5 Å². The lowest BCUT2D eigenvalue weighted by Crippen LogP contribution is -2.13. The van der Waals surface area contributed by atoms with E-state index in [1.165, 1.54) is 0 Å². The highest BCUT2D eigenvalue weighted by atomic mass is 35.7. The summed E-state index contributed by atoms with van der Waals surface area (Å²) in [6, 6.07) is 15.7. The smallest absolute Gasteiger partial charge is 0.131 e. The second kappa shape index (κ2) is 6.08. The number of rotatable bonds is 4. The zero-order chi connectivity index (χ0) is 13.0. The van der Waals surface area contributed by atoms with E-state index in [4.69, 9.17) is 20.7 Å². The van der Waals surface area contributed by atoms with E-state index in [-0.39, 0.29) is 0 Å². The lowest BCUT2D eigenvalue weighted by Gasteiger charge is -2.17. The van der Waals surface area contributed by atoms with Crippen molar-refractivity contribution in [3.05, 3.63) is 48.5 Å². The summed E-state index contributed by atoms with van der Waals surface area (Å²) >= 11 is 6.60. The molecule has 2 aromatic carbocycles. The van der Waals surface area contributed by atoms with Crippen molar-refractivity contribution in [2.75, 3.05) is 14.2 Å². The molecule has 4 heteroatoms. The second-order valence-corrected chi connectivity index (χ2v) is 6.17. The Bertz CT molecular complexity index is 494. The van der Waals surface area contributed by atoms with Gasteiger partial charge in [0, 0.05) is 0 Å². The molecule has 1 atom stereocenters. The van der Waals surface area contributed by atoms with Gasteiger partial charge in [-0.2, -0.15) is 0 Å². The van der Waals surface area contributed by atoms with Crippen LogP contribution in [0.2, 0.25) is 0 Å². The first-order valence-corrected chi connectivity index (χ1v) is 7.74. The molecule has 0 amide bonds. The van der Waals surface area contributed by atoms with Crippen molar-refractivity contribution in [3.63, 3.8) is 0 Å². The summed E-state index contributed by atoms with van der Waals surface area (Å²) in [4.78, 5) is 0. The van der Waals surface area contributed by atoms with Crippen molar-refractivity contribution in [1.82, 2.24) is 0 Å². The molecule has 0 aromatic heterocycles. The maximum atomic E-state index is 6.60. The molecule has 0 N–H and O–H groups in total. The predicted molar refractivity (Wildman–Crippen MR) is 78.0 cm³/mol. The van der Waals surface area contributed by atoms with Gasteiger partial charge in [-0.25, -0.2) is 0 Å². The largest absolute Gasteiger partial charge is 0.496 e. The summed E-state index contributed by atoms with van der Waals surface area (Å²) in [5, 5.41) is 2.00. The highest BCUT2D eigenvalue weighted by Crippen LogP contribution is 2.45. The number of hydrogen-bond donors (Lipinski definition) is 0. The maximum absolute atomic E-state index is 6.60. The lowest BCUT2D eigenvalue weighted by molar-refractivity contribution is 0.401. The molecule has 0 bridgehead atoms. The monoisotopic (exact) mass is 280 g/mol. The molecule has 1 unspecified atom stereocenters. The van der Waals surface area contributed by atoms with E-state index in [0.29, 0.717) is 0 Å². The number of halogens is 1. The van der Waals surface area contributed by atoms with Gasteiger partial charge in [0.2, 0.25) is 0 Å². The SMILES string of the molecule is COc1cccc(OC)c1P(Cl)c1ccccc1. The minimum atomic E-state index is -1.00. The standard InChI is InChI=1S/C14H14ClO2P/c1-16-12-9-6-10-13(17-2)14(12)18(15)11-7-4-3-5-8-11/h3-10H,1-2H3. The quantitative estimate of drug-likeness (QED) is 0.800. The summed E-state index contributed by atoms with van der Waals surface area (Å²) in [5.74, 6) is 1.53. The van der Waals surface area contributed by atoms with E-state index in [1.54, 1.807) is 14.2 Å². The molecule has 2 rings (SSSR count). The van der Waals surface area contributed by atoms with E-state index in [9.17, 15) is 0 Å². The van der Waals surface area contributed by atoms with Gasteiger partial charge in [-0.1, -0.05) is 47.6 Å². The van der Waals surface area contributed by atoms with Crippen molar-refractivity contribution < 1.29 is 9.47 Å². The second-order valence-electron chi connectivity index (χ2n) is 3.63. The van der Waals surface area contributed by atoms with E-state index in [1.807, 2.05) is 48.5 Å². The van der Waals surface area contributed by atoms with Crippen LogP contribution in [-0.2, 0) is 0 Å². The van der Waals surface area contributed by atoms with Gasteiger partial charge < -0.3 is 9.47 Å². The third-order valence-electron chi connectivity index (χ3n) is 2.58. The predicted octanol–water partition coefficient (Wildman–Crippen LogP) is 3.29. The molecule has 2 aromatic rings. The van der Waals surface area contributed by atoms with Crippen LogP contribution in [-0.4, -0.2) is 14.2 Å². The first-order chi connectivity index (χ1) is 8.77. The average Bonchev–Trinajstić information content (AvgIpc) is 2.46. The van der Waals surface area contributed by atoms with Gasteiger partial charge in [0.05, 0.1) is 26.8 Å². The molecule has 0 aliphatic heterocycles. The van der Waals surface area contributed by atoms with Crippen LogP contribution < -0.4 is 20.1 Å². The maximum Gasteiger partial charge on any atom is 0.131 e. The van der Waals surface area contributed by atoms with Crippen molar-refractivity contribution in [1.29, 1.82) is 0 Å². The minimum absolute atomic E-state index is 0.763. The van der Waals surface area contributed by atoms with Crippen LogP contribution in [0.5, 0.6) is 11.5 Å². The summed E-state index contributed by atoms with van der Waals surface area (Å²) in [7, 11) is 2.28. The molecule has 0 saturated heterocycles. The fraction of sp³-hybridized carbons (Fsp3) is 0.143. The van der Waals surface area contributed by atoms with Gasteiger partial charge in [0.15, 0.2) is 0 Å². The Morgan fingerprint density at radius 2 is 1.39 bits per heavy atom. The van der Waals surface area contributed by atoms with Gasteiger partial charge in [0.25, 0.3) is 0 Å². The van der Waals surface area contributed by atoms with Crippen LogP contribution in [0, 0.1) is 0 Å². The lowest BCUT2D eigenvalue weighted by atomic mass is 10.3. The fourth-order valence-corrected chi connectivity index (χ4v) is 3.96. The first-order valence-electron chi connectivity index (χ1n) is 5.50. The molecule has 2 nitrogen and oxygen atoms in total. The zero-order valence-electron chi connectivity index (χ0n) is 10.3. The summed E-state index contributed by atoms with van der Waals surface area (Å²) in [5.41, 5.74) is 0. The van der Waals surface area contributed by atoms with Crippen molar-refractivity contribution in [2.24, 2.45) is 0 Å². The van der Waals surface area contributed by atoms with E-state index in [0.717, 1.165) is 22.1 Å². The molecule has 0 fully saturated rings. The molecule has 0 aliphatic rings. The molecule has 0 heterocycles. The molecule has 94 valence electrons. The summed E-state index contributed by atoms with van der Waals surface area (Å²) in [6.07, 6.45) is 0. The van der Waals surface area contributed by atoms with E-state index >= 15 is 0 Å². The van der Waals surface area contributed by atoms with Crippen LogP contribution >= 0.6 is 18.5 Å². The van der Waals surface area contributed by atoms with E-state index < -0.39 is 7.27 Å². The molecule has 0 saturated carbocycles. The number of hydrogen-bond acceptors (Lipinski definition) is 2. The topological polar surface area (TPSA) is 18.5 Å². The van der Waals surface area contributed by atoms with Crippen LogP contribution in [0.15, 0.2) is 48.5 Å². The number of benzene rings is 2. The third-order valence-corrected chi connectivity index (χ3v) is 5.26. The van der Waals surface area contributed by atoms with Gasteiger partial charge in [-0.15, -0.1) is 0 Å². The molecule has 18 heavy (non-hydrogen) atoms. The Balaban J connectivity index is 2.49. The Hall–Kier alpha value is -1.24. The highest BCUT2D eigenvalue weighted by Gasteiger charge is 2.20. The molecular formula is C14H14ClO2P. The molecule has 0 radical (unpaired) electrons. The van der Waals surface area contributed by atoms with Crippen molar-refractivity contribution in [2.45, 2.75) is 0 Å². The van der Waals surface area contributed by atoms with Crippen LogP contribution in [0.3, 0.4) is 0 Å². The Morgan fingerprint density at radius 3 is 1.89 bits per heavy atom. The average molecular weight is 281 g/mol. The van der Waals surface area contributed by atoms with Crippen LogP contribution in [0.1, 0.15) is 0 Å². The van der Waals surface area contributed by atoms with Crippen molar-refractivity contribution in [3.8, 4) is 11.5 Å². The fourth-order valence-electron chi connectivity index (χ4n) is 1.71. The van der Waals surface area contributed by atoms with E-state index in [2.05, 4.69) is 0 Å². The molecular weight excluding hydrogens is 267 g/mol. The Morgan fingerprint density at radius 1 is 0.833 bits per heavy atom.